The summed E-state index contributed by atoms with van der Waals surface area (Å²) in [6.07, 6.45) is 1.69. The summed E-state index contributed by atoms with van der Waals surface area (Å²) in [6.45, 7) is 0. The van der Waals surface area contributed by atoms with Gasteiger partial charge in [0.15, 0.2) is 0 Å². The van der Waals surface area contributed by atoms with E-state index in [1.165, 1.54) is 0 Å². The predicted molar refractivity (Wildman–Crippen MR) is 55.3 cm³/mol. The zero-order chi connectivity index (χ0) is 9.26. The van der Waals surface area contributed by atoms with Gasteiger partial charge in [-0.15, -0.1) is 0 Å². The van der Waals surface area contributed by atoms with E-state index in [0.717, 1.165) is 27.7 Å². The maximum absolute atomic E-state index is 5.23. The van der Waals surface area contributed by atoms with Crippen LogP contribution in [0.15, 0.2) is 18.5 Å². The lowest BCUT2D eigenvalue weighted by atomic mass is 10.2. The van der Waals surface area contributed by atoms with E-state index in [2.05, 4.69) is 25.9 Å². The Hall–Kier alpha value is -1.03. The molecule has 13 heavy (non-hydrogen) atoms. The number of halogens is 1. The number of methoxy groups -OCH3 is 1. The second-order valence-corrected chi connectivity index (χ2v) is 3.24. The first-order valence-corrected chi connectivity index (χ1v) is 5.04. The van der Waals surface area contributed by atoms with Crippen LogP contribution in [0, 0.1) is 0 Å². The number of aromatic amines is 1. The normalized spacial score (nSPS) is 10.6. The molecule has 1 aromatic heterocycles. The maximum atomic E-state index is 5.23. The van der Waals surface area contributed by atoms with Gasteiger partial charge in [0.25, 0.3) is 0 Å². The molecule has 0 amide bonds. The van der Waals surface area contributed by atoms with Crippen molar-refractivity contribution in [3.8, 4) is 5.75 Å². The number of fused-ring (bicyclic) bond motifs is 1. The summed E-state index contributed by atoms with van der Waals surface area (Å²) in [6, 6.07) is 3.91. The summed E-state index contributed by atoms with van der Waals surface area (Å²) >= 11 is 3.42. The van der Waals surface area contributed by atoms with Crippen LogP contribution in [0.5, 0.6) is 5.75 Å². The fourth-order valence-electron chi connectivity index (χ4n) is 1.37. The van der Waals surface area contributed by atoms with Crippen LogP contribution in [0.4, 0.5) is 0 Å². The molecule has 0 aliphatic heterocycles. The third kappa shape index (κ3) is 1.31. The molecule has 0 atom stereocenters. The molecule has 0 spiro atoms. The van der Waals surface area contributed by atoms with E-state index in [9.17, 15) is 0 Å². The maximum Gasteiger partial charge on any atom is 0.125 e. The predicted octanol–water partition coefficient (Wildman–Crippen LogP) is 2.47. The Morgan fingerprint density at radius 1 is 1.54 bits per heavy atom. The van der Waals surface area contributed by atoms with Gasteiger partial charge in [0, 0.05) is 10.9 Å². The van der Waals surface area contributed by atoms with Gasteiger partial charge in [0.1, 0.15) is 5.75 Å². The molecule has 4 heteroatoms. The number of nitrogens with one attached hydrogen (secondary N) is 1. The minimum atomic E-state index is 0.748. The largest absolute Gasteiger partial charge is 0.496 e. The second kappa shape index (κ2) is 3.38. The average Bonchev–Trinajstić information content (AvgIpc) is 2.63. The highest BCUT2D eigenvalue weighted by atomic mass is 79.9. The van der Waals surface area contributed by atoms with Crippen LogP contribution >= 0.6 is 15.9 Å². The third-order valence-electron chi connectivity index (χ3n) is 2.01. The van der Waals surface area contributed by atoms with Gasteiger partial charge in [-0.05, 0) is 12.1 Å². The van der Waals surface area contributed by atoms with Crippen molar-refractivity contribution in [3.05, 3.63) is 24.0 Å². The number of imidazole rings is 1. The van der Waals surface area contributed by atoms with Crippen LogP contribution in [-0.2, 0) is 5.33 Å². The summed E-state index contributed by atoms with van der Waals surface area (Å²) < 4.78 is 5.23. The second-order valence-electron chi connectivity index (χ2n) is 2.68. The van der Waals surface area contributed by atoms with E-state index < -0.39 is 0 Å². The molecular weight excluding hydrogens is 232 g/mol. The highest BCUT2D eigenvalue weighted by molar-refractivity contribution is 9.08. The fourth-order valence-corrected chi connectivity index (χ4v) is 1.91. The van der Waals surface area contributed by atoms with E-state index in [0.29, 0.717) is 0 Å². The third-order valence-corrected chi connectivity index (χ3v) is 2.57. The Bertz CT molecular complexity index is 424. The molecule has 0 bridgehead atoms. The number of H-pyrrole nitrogens is 1. The van der Waals surface area contributed by atoms with Crippen LogP contribution in [0.1, 0.15) is 5.56 Å². The minimum absolute atomic E-state index is 0.748. The lowest BCUT2D eigenvalue weighted by Crippen LogP contribution is -1.90. The van der Waals surface area contributed by atoms with Gasteiger partial charge in [-0.2, -0.15) is 0 Å². The molecule has 2 aromatic rings. The van der Waals surface area contributed by atoms with E-state index in [1.54, 1.807) is 13.4 Å². The van der Waals surface area contributed by atoms with Crippen molar-refractivity contribution in [3.63, 3.8) is 0 Å². The number of hydrogen-bond acceptors (Lipinski definition) is 2. The van der Waals surface area contributed by atoms with Gasteiger partial charge in [-0.1, -0.05) is 15.9 Å². The van der Waals surface area contributed by atoms with Crippen molar-refractivity contribution in [2.45, 2.75) is 5.33 Å². The van der Waals surface area contributed by atoms with E-state index in [-0.39, 0.29) is 0 Å². The summed E-state index contributed by atoms with van der Waals surface area (Å²) in [4.78, 5) is 7.29. The number of benzene rings is 1. The summed E-state index contributed by atoms with van der Waals surface area (Å²) in [5.41, 5.74) is 3.09. The Morgan fingerprint density at radius 3 is 3.08 bits per heavy atom. The zero-order valence-corrected chi connectivity index (χ0v) is 8.76. The molecule has 1 heterocycles. The molecule has 68 valence electrons. The topological polar surface area (TPSA) is 37.9 Å². The zero-order valence-electron chi connectivity index (χ0n) is 7.17. The van der Waals surface area contributed by atoms with Gasteiger partial charge in [-0.3, -0.25) is 0 Å². The van der Waals surface area contributed by atoms with Gasteiger partial charge >= 0.3 is 0 Å². The highest BCUT2D eigenvalue weighted by Crippen LogP contribution is 2.27. The molecule has 0 aliphatic rings. The van der Waals surface area contributed by atoms with Crippen LogP contribution in [0.2, 0.25) is 0 Å². The van der Waals surface area contributed by atoms with Crippen LogP contribution in [0.3, 0.4) is 0 Å². The van der Waals surface area contributed by atoms with Gasteiger partial charge < -0.3 is 9.72 Å². The van der Waals surface area contributed by atoms with E-state index in [4.69, 9.17) is 4.74 Å². The number of nitrogens with zero attached hydrogens (tertiary/aromatic N) is 1. The minimum Gasteiger partial charge on any atom is -0.496 e. The molecule has 0 unspecified atom stereocenters. The number of hydrogen-bond donors (Lipinski definition) is 1. The van der Waals surface area contributed by atoms with E-state index in [1.807, 2.05) is 12.1 Å². The molecular formula is C9H9BrN2O. The summed E-state index contributed by atoms with van der Waals surface area (Å²) in [5, 5.41) is 0.748. The quantitative estimate of drug-likeness (QED) is 0.820. The Labute approximate surface area is 84.3 Å². The molecule has 1 aromatic carbocycles. The first-order chi connectivity index (χ1) is 6.36. The monoisotopic (exact) mass is 240 g/mol. The molecule has 3 nitrogen and oxygen atoms in total. The SMILES string of the molecule is COc1ccc2[nH]cnc2c1CBr. The summed E-state index contributed by atoms with van der Waals surface area (Å²) in [5.74, 6) is 0.872. The number of rotatable bonds is 2. The molecule has 0 saturated heterocycles. The molecule has 0 saturated carbocycles. The van der Waals surface area contributed by atoms with Gasteiger partial charge in [0.05, 0.1) is 24.5 Å². The Balaban J connectivity index is 2.74. The number of alkyl halides is 1. The van der Waals surface area contributed by atoms with Crippen LogP contribution < -0.4 is 4.74 Å². The lowest BCUT2D eigenvalue weighted by molar-refractivity contribution is 0.412. The van der Waals surface area contributed by atoms with Crippen molar-refractivity contribution in [2.75, 3.05) is 7.11 Å². The molecule has 0 fully saturated rings. The fraction of sp³-hybridized carbons (Fsp3) is 0.222. The number of ether oxygens (including phenoxy) is 1. The molecule has 0 aliphatic carbocycles. The lowest BCUT2D eigenvalue weighted by Gasteiger charge is -2.05. The van der Waals surface area contributed by atoms with E-state index >= 15 is 0 Å². The molecule has 1 N–H and O–H groups in total. The Kier molecular flexibility index (Phi) is 2.22. The molecule has 2 rings (SSSR count). The van der Waals surface area contributed by atoms with Crippen molar-refractivity contribution in [1.82, 2.24) is 9.97 Å². The summed E-state index contributed by atoms with van der Waals surface area (Å²) in [7, 11) is 1.67. The molecule has 0 radical (unpaired) electrons. The highest BCUT2D eigenvalue weighted by Gasteiger charge is 2.08. The van der Waals surface area contributed by atoms with Crippen LogP contribution in [-0.4, -0.2) is 17.1 Å². The average molecular weight is 241 g/mol. The first-order valence-electron chi connectivity index (χ1n) is 3.91. The van der Waals surface area contributed by atoms with Crippen molar-refractivity contribution in [1.29, 1.82) is 0 Å². The standard InChI is InChI=1S/C9H9BrN2O/c1-13-8-3-2-7-9(6(8)4-10)12-5-11-7/h2-3,5H,4H2,1H3,(H,11,12). The number of aromatic nitrogens is 2. The Morgan fingerprint density at radius 2 is 2.38 bits per heavy atom. The van der Waals surface area contributed by atoms with Crippen molar-refractivity contribution >= 4 is 27.0 Å². The smallest absolute Gasteiger partial charge is 0.125 e. The van der Waals surface area contributed by atoms with Crippen LogP contribution in [0.25, 0.3) is 11.0 Å². The first kappa shape index (κ1) is 8.56. The van der Waals surface area contributed by atoms with Gasteiger partial charge in [0.2, 0.25) is 0 Å². The van der Waals surface area contributed by atoms with Gasteiger partial charge in [-0.25, -0.2) is 4.98 Å². The van der Waals surface area contributed by atoms with Crippen molar-refractivity contribution < 1.29 is 4.74 Å². The van der Waals surface area contributed by atoms with Crippen molar-refractivity contribution in [2.24, 2.45) is 0 Å².